The van der Waals surface area contributed by atoms with E-state index in [-0.39, 0.29) is 5.91 Å². The van der Waals surface area contributed by atoms with Gasteiger partial charge < -0.3 is 5.32 Å². The van der Waals surface area contributed by atoms with E-state index in [0.29, 0.717) is 21.8 Å². The summed E-state index contributed by atoms with van der Waals surface area (Å²) in [6.45, 7) is 0. The summed E-state index contributed by atoms with van der Waals surface area (Å²) in [5, 5.41) is 13.0. The van der Waals surface area contributed by atoms with E-state index in [0.717, 1.165) is 15.8 Å². The summed E-state index contributed by atoms with van der Waals surface area (Å²) in [4.78, 5) is 16.5. The molecule has 0 atom stereocenters. The molecule has 0 spiro atoms. The third kappa shape index (κ3) is 1.82. The van der Waals surface area contributed by atoms with Crippen LogP contribution in [0.25, 0.3) is 21.5 Å². The lowest BCUT2D eigenvalue weighted by Crippen LogP contribution is -2.13. The van der Waals surface area contributed by atoms with Crippen LogP contribution < -0.4 is 5.32 Å². The fraction of sp³-hybridized carbons (Fsp3) is 0. The Morgan fingerprint density at radius 2 is 1.82 bits per heavy atom. The first-order valence-corrected chi connectivity index (χ1v) is 7.50. The highest BCUT2D eigenvalue weighted by Gasteiger charge is 2.27. The fourth-order valence-corrected chi connectivity index (χ4v) is 3.50. The maximum absolute atomic E-state index is 12.0. The number of nitrogens with one attached hydrogen (secondary N) is 1. The molecule has 0 saturated heterocycles. The third-order valence-electron chi connectivity index (χ3n) is 3.55. The molecule has 0 aliphatic carbocycles. The number of benzene rings is 2. The molecule has 2 aromatic carbocycles. The van der Waals surface area contributed by atoms with Crippen LogP contribution in [0.15, 0.2) is 48.5 Å². The van der Waals surface area contributed by atoms with E-state index in [1.54, 1.807) is 6.07 Å². The first-order chi connectivity index (χ1) is 10.8. The Kier molecular flexibility index (Phi) is 2.78. The first-order valence-electron chi connectivity index (χ1n) is 6.69. The first kappa shape index (κ1) is 12.7. The summed E-state index contributed by atoms with van der Waals surface area (Å²) in [7, 11) is 0. The lowest BCUT2D eigenvalue weighted by atomic mass is 10.1. The molecule has 0 fully saturated rings. The second-order valence-electron chi connectivity index (χ2n) is 4.85. The Hall–Kier alpha value is -2.97. The van der Waals surface area contributed by atoms with Gasteiger partial charge in [-0.3, -0.25) is 4.79 Å². The molecule has 1 amide bonds. The predicted molar refractivity (Wildman–Crippen MR) is 86.0 cm³/mol. The number of allylic oxidation sites excluding steroid dienone is 1. The zero-order valence-electron chi connectivity index (χ0n) is 11.3. The molecular weight excluding hydrogens is 294 g/mol. The normalized spacial score (nSPS) is 15.3. The molecule has 0 radical (unpaired) electrons. The van der Waals surface area contributed by atoms with E-state index in [2.05, 4.69) is 16.4 Å². The van der Waals surface area contributed by atoms with Gasteiger partial charge in [-0.05, 0) is 18.2 Å². The average Bonchev–Trinajstić information content (AvgIpc) is 3.11. The molecule has 1 N–H and O–H groups in total. The van der Waals surface area contributed by atoms with E-state index >= 15 is 0 Å². The van der Waals surface area contributed by atoms with Crippen LogP contribution in [0.4, 0.5) is 0 Å². The molecule has 0 unspecified atom stereocenters. The number of rotatable bonds is 1. The molecule has 22 heavy (non-hydrogen) atoms. The van der Waals surface area contributed by atoms with Gasteiger partial charge in [-0.2, -0.15) is 5.26 Å². The fourth-order valence-electron chi connectivity index (χ4n) is 2.53. The second-order valence-corrected chi connectivity index (χ2v) is 5.88. The lowest BCUT2D eigenvalue weighted by molar-refractivity contribution is 0.0981. The molecule has 104 valence electrons. The summed E-state index contributed by atoms with van der Waals surface area (Å²) in [6.07, 6.45) is 0. The zero-order chi connectivity index (χ0) is 15.1. The van der Waals surface area contributed by atoms with Crippen LogP contribution in [0.5, 0.6) is 0 Å². The van der Waals surface area contributed by atoms with E-state index in [9.17, 15) is 10.1 Å². The van der Waals surface area contributed by atoms with Crippen molar-refractivity contribution in [3.63, 3.8) is 0 Å². The zero-order valence-corrected chi connectivity index (χ0v) is 12.1. The van der Waals surface area contributed by atoms with Gasteiger partial charge in [0.15, 0.2) is 0 Å². The van der Waals surface area contributed by atoms with E-state index in [1.807, 2.05) is 42.5 Å². The van der Waals surface area contributed by atoms with Crippen LogP contribution in [0, 0.1) is 11.3 Å². The highest BCUT2D eigenvalue weighted by atomic mass is 32.1. The number of aromatic nitrogens is 1. The van der Waals surface area contributed by atoms with Gasteiger partial charge >= 0.3 is 0 Å². The molecule has 0 saturated carbocycles. The van der Waals surface area contributed by atoms with Gasteiger partial charge in [0.25, 0.3) is 5.91 Å². The van der Waals surface area contributed by atoms with Crippen LogP contribution in [-0.4, -0.2) is 10.9 Å². The largest absolute Gasteiger partial charge is 0.320 e. The number of nitrogens with zero attached hydrogens (tertiary/aromatic N) is 2. The average molecular weight is 303 g/mol. The second kappa shape index (κ2) is 4.79. The van der Waals surface area contributed by atoms with Crippen molar-refractivity contribution in [3.8, 4) is 6.07 Å². The Balaban J connectivity index is 1.96. The van der Waals surface area contributed by atoms with Crippen molar-refractivity contribution in [1.82, 2.24) is 10.3 Å². The van der Waals surface area contributed by atoms with Gasteiger partial charge in [0.05, 0.1) is 15.9 Å². The Morgan fingerprint density at radius 1 is 1.09 bits per heavy atom. The SMILES string of the molecule is N#C/C(=C1\NC(=O)c2ccccc21)c1nc2ccccc2s1. The number of amides is 1. The van der Waals surface area contributed by atoms with Gasteiger partial charge in [0, 0.05) is 11.1 Å². The van der Waals surface area contributed by atoms with Crippen molar-refractivity contribution in [3.05, 3.63) is 64.7 Å². The molecule has 0 bridgehead atoms. The summed E-state index contributed by atoms with van der Waals surface area (Å²) < 4.78 is 1.02. The molecule has 4 rings (SSSR count). The maximum Gasteiger partial charge on any atom is 0.256 e. The van der Waals surface area contributed by atoms with Crippen molar-refractivity contribution in [1.29, 1.82) is 5.26 Å². The lowest BCUT2D eigenvalue weighted by Gasteiger charge is -2.02. The molecule has 2 heterocycles. The molecule has 1 aromatic heterocycles. The monoisotopic (exact) mass is 303 g/mol. The van der Waals surface area contributed by atoms with Gasteiger partial charge in [-0.25, -0.2) is 4.98 Å². The Bertz CT molecular complexity index is 961. The van der Waals surface area contributed by atoms with Gasteiger partial charge in [-0.15, -0.1) is 11.3 Å². The minimum atomic E-state index is -0.181. The summed E-state index contributed by atoms with van der Waals surface area (Å²) in [5.74, 6) is -0.181. The molecule has 1 aliphatic heterocycles. The minimum absolute atomic E-state index is 0.181. The smallest absolute Gasteiger partial charge is 0.256 e. The Morgan fingerprint density at radius 3 is 2.59 bits per heavy atom. The third-order valence-corrected chi connectivity index (χ3v) is 4.60. The number of hydrogen-bond acceptors (Lipinski definition) is 4. The van der Waals surface area contributed by atoms with Crippen molar-refractivity contribution in [2.75, 3.05) is 0 Å². The van der Waals surface area contributed by atoms with Gasteiger partial charge in [-0.1, -0.05) is 30.3 Å². The van der Waals surface area contributed by atoms with Gasteiger partial charge in [0.2, 0.25) is 0 Å². The highest BCUT2D eigenvalue weighted by molar-refractivity contribution is 7.19. The topological polar surface area (TPSA) is 65.8 Å². The van der Waals surface area contributed by atoms with Crippen molar-refractivity contribution in [2.45, 2.75) is 0 Å². The number of carbonyl (C=O) groups is 1. The van der Waals surface area contributed by atoms with Crippen LogP contribution in [0.2, 0.25) is 0 Å². The number of para-hydroxylation sites is 1. The molecular formula is C17H9N3OS. The number of fused-ring (bicyclic) bond motifs is 2. The predicted octanol–water partition coefficient (Wildman–Crippen LogP) is 3.43. The number of thiazole rings is 1. The maximum atomic E-state index is 12.0. The number of nitriles is 1. The van der Waals surface area contributed by atoms with Crippen LogP contribution in [0.3, 0.4) is 0 Å². The highest BCUT2D eigenvalue weighted by Crippen LogP contribution is 2.34. The summed E-state index contributed by atoms with van der Waals surface area (Å²) in [5.41, 5.74) is 3.14. The van der Waals surface area contributed by atoms with E-state index in [4.69, 9.17) is 0 Å². The van der Waals surface area contributed by atoms with Crippen molar-refractivity contribution < 1.29 is 4.79 Å². The quantitative estimate of drug-likeness (QED) is 0.700. The summed E-state index contributed by atoms with van der Waals surface area (Å²) in [6, 6.07) is 17.2. The Labute approximate surface area is 130 Å². The van der Waals surface area contributed by atoms with Crippen LogP contribution in [0.1, 0.15) is 20.9 Å². The molecule has 3 aromatic rings. The van der Waals surface area contributed by atoms with E-state index < -0.39 is 0 Å². The standard InChI is InChI=1S/C17H9N3OS/c18-9-12(17-19-13-7-3-4-8-14(13)22-17)15-10-5-1-2-6-11(10)16(21)20-15/h1-8H,(H,20,21)/b15-12+. The molecule has 4 nitrogen and oxygen atoms in total. The summed E-state index contributed by atoms with van der Waals surface area (Å²) >= 11 is 1.45. The molecule has 5 heteroatoms. The number of carbonyl (C=O) groups excluding carboxylic acids is 1. The minimum Gasteiger partial charge on any atom is -0.320 e. The van der Waals surface area contributed by atoms with Crippen LogP contribution >= 0.6 is 11.3 Å². The molecule has 1 aliphatic rings. The van der Waals surface area contributed by atoms with Crippen LogP contribution in [-0.2, 0) is 0 Å². The van der Waals surface area contributed by atoms with Crippen molar-refractivity contribution in [2.24, 2.45) is 0 Å². The van der Waals surface area contributed by atoms with E-state index in [1.165, 1.54) is 11.3 Å². The van der Waals surface area contributed by atoms with Gasteiger partial charge in [0.1, 0.15) is 16.6 Å². The van der Waals surface area contributed by atoms with Crippen molar-refractivity contribution >= 4 is 38.7 Å². The number of hydrogen-bond donors (Lipinski definition) is 1.